The highest BCUT2D eigenvalue weighted by atomic mass is 79.9. The first-order valence-corrected chi connectivity index (χ1v) is 8.49. The van der Waals surface area contributed by atoms with Crippen LogP contribution in [0.4, 0.5) is 5.69 Å². The van der Waals surface area contributed by atoms with Crippen LogP contribution in [-0.2, 0) is 0 Å². The van der Waals surface area contributed by atoms with Gasteiger partial charge in [-0.2, -0.15) is 0 Å². The van der Waals surface area contributed by atoms with Crippen molar-refractivity contribution in [2.24, 2.45) is 0 Å². The lowest BCUT2D eigenvalue weighted by molar-refractivity contribution is 0.0798. The van der Waals surface area contributed by atoms with Crippen molar-refractivity contribution in [1.82, 2.24) is 4.90 Å². The number of nitrogens with two attached hydrogens (primary N) is 1. The lowest BCUT2D eigenvalue weighted by Gasteiger charge is -2.16. The predicted molar refractivity (Wildman–Crippen MR) is 91.8 cm³/mol. The number of hydrogen-bond acceptors (Lipinski definition) is 4. The number of anilines is 1. The molecule has 0 saturated carbocycles. The minimum Gasteiger partial charge on any atom is -0.397 e. The highest BCUT2D eigenvalue weighted by molar-refractivity contribution is 9.10. The van der Waals surface area contributed by atoms with Crippen LogP contribution >= 0.6 is 27.3 Å². The average molecular weight is 371 g/mol. The summed E-state index contributed by atoms with van der Waals surface area (Å²) in [5.41, 5.74) is 6.68. The Kier molecular flexibility index (Phi) is 5.61. The maximum Gasteiger partial charge on any atom is 0.265 e. The first kappa shape index (κ1) is 16.3. The minimum atomic E-state index is -0.0335. The van der Waals surface area contributed by atoms with Crippen molar-refractivity contribution in [3.63, 3.8) is 0 Å². The minimum absolute atomic E-state index is 0.0335. The van der Waals surface area contributed by atoms with Gasteiger partial charge in [0.05, 0.1) is 5.69 Å². The van der Waals surface area contributed by atoms with Gasteiger partial charge in [0.1, 0.15) is 4.88 Å². The van der Waals surface area contributed by atoms with E-state index >= 15 is 0 Å². The molecule has 2 rings (SSSR count). The summed E-state index contributed by atoms with van der Waals surface area (Å²) in [6.45, 7) is 0.881. The third kappa shape index (κ3) is 3.75. The monoisotopic (exact) mass is 370 g/mol. The molecule has 114 valence electrons. The van der Waals surface area contributed by atoms with E-state index in [2.05, 4.69) is 15.9 Å². The lowest BCUT2D eigenvalue weighted by atomic mass is 10.2. The number of aliphatic hydroxyl groups excluding tert-OH is 1. The molecule has 0 fully saturated rings. The second-order valence-corrected chi connectivity index (χ2v) is 6.96. The summed E-state index contributed by atoms with van der Waals surface area (Å²) in [5.74, 6) is -0.0335. The molecule has 0 saturated heterocycles. The number of unbranched alkanes of at least 4 members (excludes halogenated alkanes) is 2. The number of hydrogen-bond donors (Lipinski definition) is 2. The van der Waals surface area contributed by atoms with E-state index in [1.165, 1.54) is 11.3 Å². The van der Waals surface area contributed by atoms with Crippen LogP contribution in [0.3, 0.4) is 0 Å². The van der Waals surface area contributed by atoms with Crippen LogP contribution < -0.4 is 5.73 Å². The van der Waals surface area contributed by atoms with Crippen molar-refractivity contribution >= 4 is 48.9 Å². The summed E-state index contributed by atoms with van der Waals surface area (Å²) >= 11 is 4.86. The standard InChI is InChI=1S/C15H19BrN2O2S/c1-18(7-3-2-4-8-19)15(20)14-13(17)11-6-5-10(16)9-12(11)21-14/h5-6,9,19H,2-4,7-8,17H2,1H3. The Morgan fingerprint density at radius 3 is 2.86 bits per heavy atom. The Balaban J connectivity index is 2.13. The molecule has 0 bridgehead atoms. The molecule has 0 aliphatic carbocycles. The van der Waals surface area contributed by atoms with E-state index in [0.29, 0.717) is 17.1 Å². The van der Waals surface area contributed by atoms with Crippen molar-refractivity contribution in [3.05, 3.63) is 27.5 Å². The SMILES string of the molecule is CN(CCCCCO)C(=O)c1sc2cc(Br)ccc2c1N. The number of halogens is 1. The second kappa shape index (κ2) is 7.24. The summed E-state index contributed by atoms with van der Waals surface area (Å²) in [4.78, 5) is 14.8. The summed E-state index contributed by atoms with van der Waals surface area (Å²) in [6.07, 6.45) is 2.59. The molecular weight excluding hydrogens is 352 g/mol. The van der Waals surface area contributed by atoms with Crippen molar-refractivity contribution in [2.75, 3.05) is 25.9 Å². The van der Waals surface area contributed by atoms with Gasteiger partial charge in [-0.05, 0) is 31.4 Å². The van der Waals surface area contributed by atoms with Crippen LogP contribution in [0, 0.1) is 0 Å². The number of benzene rings is 1. The molecule has 1 aromatic carbocycles. The third-order valence-corrected chi connectivity index (χ3v) is 5.03. The Hall–Kier alpha value is -1.11. The first-order chi connectivity index (χ1) is 10.0. The number of rotatable bonds is 6. The zero-order valence-electron chi connectivity index (χ0n) is 11.9. The summed E-state index contributed by atoms with van der Waals surface area (Å²) in [5, 5.41) is 9.69. The Morgan fingerprint density at radius 1 is 1.38 bits per heavy atom. The fraction of sp³-hybridized carbons (Fsp3) is 0.400. The molecule has 2 aromatic rings. The summed E-state index contributed by atoms with van der Waals surface area (Å²) in [7, 11) is 1.79. The molecule has 0 spiro atoms. The van der Waals surface area contributed by atoms with E-state index < -0.39 is 0 Å². The number of amides is 1. The van der Waals surface area contributed by atoms with Crippen LogP contribution in [0.2, 0.25) is 0 Å². The number of fused-ring (bicyclic) bond motifs is 1. The Bertz CT molecular complexity index is 642. The predicted octanol–water partition coefficient (Wildman–Crippen LogP) is 3.48. The van der Waals surface area contributed by atoms with Gasteiger partial charge in [-0.3, -0.25) is 4.79 Å². The molecule has 3 N–H and O–H groups in total. The van der Waals surface area contributed by atoms with Crippen molar-refractivity contribution in [2.45, 2.75) is 19.3 Å². The van der Waals surface area contributed by atoms with Gasteiger partial charge in [-0.15, -0.1) is 11.3 Å². The zero-order valence-corrected chi connectivity index (χ0v) is 14.3. The molecule has 4 nitrogen and oxygen atoms in total. The number of aliphatic hydroxyl groups is 1. The van der Waals surface area contributed by atoms with Gasteiger partial charge in [0.15, 0.2) is 0 Å². The van der Waals surface area contributed by atoms with Gasteiger partial charge >= 0.3 is 0 Å². The number of carbonyl (C=O) groups is 1. The van der Waals surface area contributed by atoms with Crippen LogP contribution in [-0.4, -0.2) is 36.1 Å². The molecular formula is C15H19BrN2O2S. The van der Waals surface area contributed by atoms with Gasteiger partial charge in [-0.25, -0.2) is 0 Å². The largest absolute Gasteiger partial charge is 0.397 e. The molecule has 0 unspecified atom stereocenters. The van der Waals surface area contributed by atoms with Gasteiger partial charge in [-0.1, -0.05) is 22.0 Å². The van der Waals surface area contributed by atoms with E-state index in [1.807, 2.05) is 18.2 Å². The van der Waals surface area contributed by atoms with Crippen molar-refractivity contribution in [3.8, 4) is 0 Å². The number of carbonyl (C=O) groups excluding carboxylic acids is 1. The fourth-order valence-electron chi connectivity index (χ4n) is 2.16. The lowest BCUT2D eigenvalue weighted by Crippen LogP contribution is -2.27. The van der Waals surface area contributed by atoms with Crippen LogP contribution in [0.1, 0.15) is 28.9 Å². The molecule has 0 aliphatic rings. The molecule has 21 heavy (non-hydrogen) atoms. The third-order valence-electron chi connectivity index (χ3n) is 3.38. The number of thiophene rings is 1. The van der Waals surface area contributed by atoms with E-state index in [1.54, 1.807) is 11.9 Å². The topological polar surface area (TPSA) is 66.6 Å². The van der Waals surface area contributed by atoms with Crippen LogP contribution in [0.15, 0.2) is 22.7 Å². The van der Waals surface area contributed by atoms with E-state index in [4.69, 9.17) is 10.8 Å². The smallest absolute Gasteiger partial charge is 0.265 e. The first-order valence-electron chi connectivity index (χ1n) is 6.88. The van der Waals surface area contributed by atoms with Gasteiger partial charge in [0, 0.05) is 34.8 Å². The summed E-state index contributed by atoms with van der Waals surface area (Å²) in [6, 6.07) is 5.84. The highest BCUT2D eigenvalue weighted by Crippen LogP contribution is 2.35. The molecule has 6 heteroatoms. The molecule has 0 aliphatic heterocycles. The second-order valence-electron chi connectivity index (χ2n) is 5.00. The van der Waals surface area contributed by atoms with Crippen LogP contribution in [0.25, 0.3) is 10.1 Å². The maximum absolute atomic E-state index is 12.5. The normalized spacial score (nSPS) is 11.0. The number of nitrogens with zero attached hydrogens (tertiary/aromatic N) is 1. The zero-order chi connectivity index (χ0) is 15.4. The Labute approximate surface area is 136 Å². The van der Waals surface area contributed by atoms with Gasteiger partial charge in [0.25, 0.3) is 5.91 Å². The van der Waals surface area contributed by atoms with Crippen molar-refractivity contribution in [1.29, 1.82) is 0 Å². The Morgan fingerprint density at radius 2 is 2.14 bits per heavy atom. The van der Waals surface area contributed by atoms with Gasteiger partial charge < -0.3 is 15.7 Å². The molecule has 1 aromatic heterocycles. The quantitative estimate of drug-likeness (QED) is 0.764. The molecule has 0 radical (unpaired) electrons. The average Bonchev–Trinajstić information content (AvgIpc) is 2.79. The van der Waals surface area contributed by atoms with E-state index in [9.17, 15) is 4.79 Å². The highest BCUT2D eigenvalue weighted by Gasteiger charge is 2.19. The number of nitrogen functional groups attached to an aromatic ring is 1. The molecule has 1 amide bonds. The van der Waals surface area contributed by atoms with E-state index in [-0.39, 0.29) is 12.5 Å². The maximum atomic E-state index is 12.5. The van der Waals surface area contributed by atoms with Crippen LogP contribution in [0.5, 0.6) is 0 Å². The van der Waals surface area contributed by atoms with Gasteiger partial charge in [0.2, 0.25) is 0 Å². The van der Waals surface area contributed by atoms with Crippen molar-refractivity contribution < 1.29 is 9.90 Å². The molecule has 0 atom stereocenters. The molecule has 1 heterocycles. The summed E-state index contributed by atoms with van der Waals surface area (Å²) < 4.78 is 1.99. The fourth-order valence-corrected chi connectivity index (χ4v) is 3.83. The van der Waals surface area contributed by atoms with E-state index in [0.717, 1.165) is 33.8 Å².